The number of rotatable bonds is 2. The highest BCUT2D eigenvalue weighted by Crippen LogP contribution is 2.52. The second kappa shape index (κ2) is 8.18. The van der Waals surface area contributed by atoms with Gasteiger partial charge in [0.1, 0.15) is 23.2 Å². The number of aryl methyl sites for hydroxylation is 2. The topological polar surface area (TPSA) is 73.0 Å². The lowest BCUT2D eigenvalue weighted by Crippen LogP contribution is -2.31. The van der Waals surface area contributed by atoms with E-state index in [9.17, 15) is 10.4 Å². The summed E-state index contributed by atoms with van der Waals surface area (Å²) >= 11 is 0. The Labute approximate surface area is 216 Å². The Morgan fingerprint density at radius 1 is 0.865 bits per heavy atom. The number of nitriles is 1. The molecule has 0 fully saturated rings. The molecule has 0 radical (unpaired) electrons. The molecule has 2 aromatic heterocycles. The smallest absolute Gasteiger partial charge is 0.141 e. The van der Waals surface area contributed by atoms with Gasteiger partial charge >= 0.3 is 0 Å². The minimum absolute atomic E-state index is 0.175. The Kier molecular flexibility index (Phi) is 5.03. The van der Waals surface area contributed by atoms with Gasteiger partial charge in [0.2, 0.25) is 0 Å². The van der Waals surface area contributed by atoms with E-state index in [1.165, 1.54) is 11.1 Å². The molecule has 6 rings (SSSR count). The van der Waals surface area contributed by atoms with Crippen LogP contribution >= 0.6 is 0 Å². The normalized spacial score (nSPS) is 13.6. The fraction of sp³-hybridized carbons (Fsp3) is 0.156. The molecule has 0 amide bonds. The summed E-state index contributed by atoms with van der Waals surface area (Å²) in [6, 6.07) is 26.5. The lowest BCUT2D eigenvalue weighted by molar-refractivity contribution is 0.480. The van der Waals surface area contributed by atoms with E-state index < -0.39 is 0 Å². The van der Waals surface area contributed by atoms with Gasteiger partial charge in [-0.05, 0) is 72.5 Å². The van der Waals surface area contributed by atoms with Gasteiger partial charge in [-0.2, -0.15) is 5.26 Å². The molecule has 5 nitrogen and oxygen atoms in total. The molecule has 0 unspecified atom stereocenters. The van der Waals surface area contributed by atoms with Crippen molar-refractivity contribution in [3.63, 3.8) is 0 Å². The summed E-state index contributed by atoms with van der Waals surface area (Å²) in [5, 5.41) is 20.7. The zero-order valence-electron chi connectivity index (χ0n) is 21.2. The van der Waals surface area contributed by atoms with E-state index in [4.69, 9.17) is 4.98 Å². The summed E-state index contributed by atoms with van der Waals surface area (Å²) in [7, 11) is 0. The van der Waals surface area contributed by atoms with E-state index >= 15 is 0 Å². The third kappa shape index (κ3) is 3.53. The Balaban J connectivity index is 1.59. The molecule has 3 aromatic carbocycles. The third-order valence-corrected chi connectivity index (χ3v) is 7.44. The molecule has 3 heterocycles. The fourth-order valence-corrected chi connectivity index (χ4v) is 5.37. The standard InChI is InChI=1S/C32H26N4O/c1-19-5-10-24-27(15-19)36(30-14-7-21(17-33)18-34-30)28-16-22(8-11-25(28)32(24,3)4)26-12-9-23-20(2)6-13-29(37)31(23)35-26/h5-16,18,37H,1-4H3. The molecule has 0 bridgehead atoms. The van der Waals surface area contributed by atoms with Crippen LogP contribution in [-0.2, 0) is 5.41 Å². The predicted octanol–water partition coefficient (Wildman–Crippen LogP) is 7.60. The Morgan fingerprint density at radius 2 is 1.62 bits per heavy atom. The van der Waals surface area contributed by atoms with Crippen LogP contribution in [0.5, 0.6) is 5.75 Å². The second-order valence-corrected chi connectivity index (χ2v) is 10.2. The van der Waals surface area contributed by atoms with E-state index in [0.29, 0.717) is 11.1 Å². The largest absolute Gasteiger partial charge is 0.506 e. The molecule has 1 aliphatic heterocycles. The quantitative estimate of drug-likeness (QED) is 0.280. The first-order valence-corrected chi connectivity index (χ1v) is 12.3. The van der Waals surface area contributed by atoms with Gasteiger partial charge in [-0.3, -0.25) is 4.90 Å². The van der Waals surface area contributed by atoms with Crippen molar-refractivity contribution in [3.05, 3.63) is 107 Å². The monoisotopic (exact) mass is 482 g/mol. The average Bonchev–Trinajstić information content (AvgIpc) is 2.90. The van der Waals surface area contributed by atoms with Gasteiger partial charge in [-0.25, -0.2) is 9.97 Å². The van der Waals surface area contributed by atoms with Crippen LogP contribution in [0.2, 0.25) is 0 Å². The summed E-state index contributed by atoms with van der Waals surface area (Å²) in [5.41, 5.74) is 9.36. The average molecular weight is 483 g/mol. The number of aromatic hydroxyl groups is 1. The minimum Gasteiger partial charge on any atom is -0.506 e. The van der Waals surface area contributed by atoms with Crippen LogP contribution in [-0.4, -0.2) is 15.1 Å². The van der Waals surface area contributed by atoms with Gasteiger partial charge in [0.05, 0.1) is 22.6 Å². The number of fused-ring (bicyclic) bond motifs is 3. The van der Waals surface area contributed by atoms with Gasteiger partial charge in [-0.15, -0.1) is 0 Å². The number of phenols is 1. The summed E-state index contributed by atoms with van der Waals surface area (Å²) < 4.78 is 0. The molecular weight excluding hydrogens is 456 g/mol. The first kappa shape index (κ1) is 22.8. The maximum absolute atomic E-state index is 10.5. The van der Waals surface area contributed by atoms with Crippen LogP contribution in [0.1, 0.15) is 41.7 Å². The zero-order chi connectivity index (χ0) is 25.9. The number of nitrogens with zero attached hydrogens (tertiary/aromatic N) is 4. The SMILES string of the molecule is Cc1ccc2c(c1)N(c1ccc(C#N)cn1)c1cc(-c3ccc4c(C)ccc(O)c4n3)ccc1C2(C)C. The first-order valence-electron chi connectivity index (χ1n) is 12.3. The Bertz CT molecular complexity index is 1750. The van der Waals surface area contributed by atoms with Crippen molar-refractivity contribution in [2.24, 2.45) is 0 Å². The van der Waals surface area contributed by atoms with Crippen molar-refractivity contribution in [1.82, 2.24) is 9.97 Å². The van der Waals surface area contributed by atoms with Gasteiger partial charge in [0.25, 0.3) is 0 Å². The van der Waals surface area contributed by atoms with E-state index in [0.717, 1.165) is 45.0 Å². The van der Waals surface area contributed by atoms with Gasteiger partial charge in [0.15, 0.2) is 0 Å². The molecule has 0 aliphatic carbocycles. The first-order chi connectivity index (χ1) is 17.8. The molecule has 0 spiro atoms. The van der Waals surface area contributed by atoms with Crippen LogP contribution in [0.25, 0.3) is 22.2 Å². The van der Waals surface area contributed by atoms with Crippen molar-refractivity contribution in [1.29, 1.82) is 5.26 Å². The summed E-state index contributed by atoms with van der Waals surface area (Å²) in [5.74, 6) is 0.925. The van der Waals surface area contributed by atoms with Crippen LogP contribution in [0, 0.1) is 25.2 Å². The van der Waals surface area contributed by atoms with Crippen molar-refractivity contribution in [2.45, 2.75) is 33.1 Å². The lowest BCUT2D eigenvalue weighted by atomic mass is 9.73. The summed E-state index contributed by atoms with van der Waals surface area (Å²) in [6.45, 7) is 8.61. The highest BCUT2D eigenvalue weighted by atomic mass is 16.3. The number of aromatic nitrogens is 2. The number of pyridine rings is 2. The highest BCUT2D eigenvalue weighted by Gasteiger charge is 2.37. The lowest BCUT2D eigenvalue weighted by Gasteiger charge is -2.42. The van der Waals surface area contributed by atoms with Crippen molar-refractivity contribution in [3.8, 4) is 23.1 Å². The molecule has 0 saturated carbocycles. The van der Waals surface area contributed by atoms with Crippen LogP contribution in [0.15, 0.2) is 79.0 Å². The minimum atomic E-state index is -0.230. The second-order valence-electron chi connectivity index (χ2n) is 10.2. The number of hydrogen-bond acceptors (Lipinski definition) is 5. The van der Waals surface area contributed by atoms with Crippen molar-refractivity contribution in [2.75, 3.05) is 4.90 Å². The van der Waals surface area contributed by atoms with E-state index in [1.807, 2.05) is 31.2 Å². The number of phenolic OH excluding ortho intramolecular Hbond substituents is 1. The summed E-state index contributed by atoms with van der Waals surface area (Å²) in [6.07, 6.45) is 1.62. The van der Waals surface area contributed by atoms with E-state index in [2.05, 4.69) is 73.1 Å². The summed E-state index contributed by atoms with van der Waals surface area (Å²) in [4.78, 5) is 11.7. The van der Waals surface area contributed by atoms with Crippen LogP contribution in [0.3, 0.4) is 0 Å². The zero-order valence-corrected chi connectivity index (χ0v) is 21.2. The van der Waals surface area contributed by atoms with Gasteiger partial charge in [-0.1, -0.05) is 50.2 Å². The van der Waals surface area contributed by atoms with Crippen LogP contribution in [0.4, 0.5) is 17.2 Å². The molecule has 180 valence electrons. The maximum atomic E-state index is 10.5. The number of hydrogen-bond donors (Lipinski definition) is 1. The molecule has 1 N–H and O–H groups in total. The maximum Gasteiger partial charge on any atom is 0.141 e. The molecule has 1 aliphatic rings. The van der Waals surface area contributed by atoms with Gasteiger partial charge in [0, 0.05) is 22.6 Å². The third-order valence-electron chi connectivity index (χ3n) is 7.44. The van der Waals surface area contributed by atoms with Crippen molar-refractivity contribution >= 4 is 28.1 Å². The molecule has 5 aromatic rings. The van der Waals surface area contributed by atoms with E-state index in [1.54, 1.807) is 18.3 Å². The number of benzene rings is 3. The Hall–Kier alpha value is -4.69. The molecule has 37 heavy (non-hydrogen) atoms. The molecule has 0 saturated heterocycles. The Morgan fingerprint density at radius 3 is 2.35 bits per heavy atom. The van der Waals surface area contributed by atoms with E-state index in [-0.39, 0.29) is 11.2 Å². The highest BCUT2D eigenvalue weighted by molar-refractivity contribution is 5.91. The molecular formula is C32H26N4O. The molecule has 0 atom stereocenters. The van der Waals surface area contributed by atoms with Crippen molar-refractivity contribution < 1.29 is 5.11 Å². The number of anilines is 3. The van der Waals surface area contributed by atoms with Crippen LogP contribution < -0.4 is 4.90 Å². The molecule has 5 heteroatoms. The van der Waals surface area contributed by atoms with Gasteiger partial charge < -0.3 is 5.11 Å². The fourth-order valence-electron chi connectivity index (χ4n) is 5.37. The predicted molar refractivity (Wildman–Crippen MR) is 148 cm³/mol.